The van der Waals surface area contributed by atoms with Crippen LogP contribution >= 0.6 is 0 Å². The molecular weight excluding hydrogens is 228 g/mol. The normalized spacial score (nSPS) is 10.7. The lowest BCUT2D eigenvalue weighted by atomic mass is 10.0. The molecule has 100 valence electrons. The molecule has 1 amide bonds. The summed E-state index contributed by atoms with van der Waals surface area (Å²) < 4.78 is 0. The number of carbonyl (C=O) groups is 1. The lowest BCUT2D eigenvalue weighted by Gasteiger charge is -2.25. The molecule has 1 rings (SSSR count). The molecule has 0 saturated heterocycles. The zero-order valence-corrected chi connectivity index (χ0v) is 11.4. The Morgan fingerprint density at radius 3 is 2.50 bits per heavy atom. The summed E-state index contributed by atoms with van der Waals surface area (Å²) in [5.41, 5.74) is 5.87. The van der Waals surface area contributed by atoms with Crippen molar-refractivity contribution in [2.45, 2.75) is 33.6 Å². The van der Waals surface area contributed by atoms with Crippen LogP contribution in [0.1, 0.15) is 44.1 Å². The monoisotopic (exact) mass is 250 g/mol. The zero-order valence-electron chi connectivity index (χ0n) is 11.4. The van der Waals surface area contributed by atoms with Crippen molar-refractivity contribution in [1.82, 2.24) is 14.9 Å². The van der Waals surface area contributed by atoms with Crippen molar-refractivity contribution >= 4 is 11.7 Å². The third-order valence-electron chi connectivity index (χ3n) is 3.17. The molecule has 0 aliphatic rings. The zero-order chi connectivity index (χ0) is 13.5. The second-order valence-electron chi connectivity index (χ2n) is 4.36. The number of amides is 1. The van der Waals surface area contributed by atoms with Crippen LogP contribution in [-0.4, -0.2) is 33.9 Å². The third-order valence-corrected chi connectivity index (χ3v) is 3.17. The van der Waals surface area contributed by atoms with Crippen LogP contribution in [0.2, 0.25) is 0 Å². The molecule has 0 radical (unpaired) electrons. The second-order valence-corrected chi connectivity index (χ2v) is 4.36. The average Bonchev–Trinajstić information content (AvgIpc) is 2.39. The summed E-state index contributed by atoms with van der Waals surface area (Å²) in [6.07, 6.45) is 5.05. The van der Waals surface area contributed by atoms with E-state index in [1.54, 1.807) is 4.90 Å². The van der Waals surface area contributed by atoms with Crippen LogP contribution in [0.25, 0.3) is 0 Å². The van der Waals surface area contributed by atoms with Crippen LogP contribution < -0.4 is 5.73 Å². The van der Waals surface area contributed by atoms with Crippen LogP contribution in [0, 0.1) is 5.92 Å². The number of hydrogen-bond acceptors (Lipinski definition) is 4. The molecule has 5 nitrogen and oxygen atoms in total. The number of carbonyl (C=O) groups excluding carboxylic acids is 1. The Balaban J connectivity index is 2.79. The fraction of sp³-hybridized carbons (Fsp3) is 0.615. The van der Waals surface area contributed by atoms with Gasteiger partial charge in [-0.2, -0.15) is 0 Å². The van der Waals surface area contributed by atoms with Crippen LogP contribution in [0.15, 0.2) is 12.4 Å². The Bertz CT molecular complexity index is 390. The molecule has 2 N–H and O–H groups in total. The van der Waals surface area contributed by atoms with Crippen LogP contribution in [0.5, 0.6) is 0 Å². The largest absolute Gasteiger partial charge is 0.382 e. The first-order valence-corrected chi connectivity index (χ1v) is 6.49. The number of anilines is 1. The molecule has 18 heavy (non-hydrogen) atoms. The number of hydrogen-bond donors (Lipinski definition) is 1. The Morgan fingerprint density at radius 2 is 2.00 bits per heavy atom. The Hall–Kier alpha value is -1.65. The summed E-state index contributed by atoms with van der Waals surface area (Å²) in [5, 5.41) is 0. The van der Waals surface area contributed by atoms with E-state index in [4.69, 9.17) is 5.73 Å². The van der Waals surface area contributed by atoms with E-state index >= 15 is 0 Å². The minimum Gasteiger partial charge on any atom is -0.382 e. The first kappa shape index (κ1) is 14.4. The lowest BCUT2D eigenvalue weighted by Crippen LogP contribution is -2.35. The molecule has 1 aromatic heterocycles. The van der Waals surface area contributed by atoms with Gasteiger partial charge < -0.3 is 10.6 Å². The van der Waals surface area contributed by atoms with E-state index in [0.29, 0.717) is 18.2 Å². The summed E-state index contributed by atoms with van der Waals surface area (Å²) in [7, 11) is 0. The maximum atomic E-state index is 12.3. The van der Waals surface area contributed by atoms with E-state index < -0.39 is 0 Å². The van der Waals surface area contributed by atoms with Crippen molar-refractivity contribution in [2.24, 2.45) is 5.92 Å². The standard InChI is InChI=1S/C13H22N4O/c1-4-10(5-2)9-17(6-3)13(18)11-7-15-8-12(14)16-11/h7-8,10H,4-6,9H2,1-3H3,(H2,14,16). The SMILES string of the molecule is CCC(CC)CN(CC)C(=O)c1cncc(N)n1. The van der Waals surface area contributed by atoms with Gasteiger partial charge in [-0.25, -0.2) is 4.98 Å². The van der Waals surface area contributed by atoms with E-state index in [2.05, 4.69) is 23.8 Å². The first-order chi connectivity index (χ1) is 8.62. The molecule has 0 aromatic carbocycles. The molecule has 0 bridgehead atoms. The Kier molecular flexibility index (Phi) is 5.55. The molecule has 1 aromatic rings. The predicted molar refractivity (Wildman–Crippen MR) is 72.1 cm³/mol. The van der Waals surface area contributed by atoms with E-state index in [1.165, 1.54) is 12.4 Å². The van der Waals surface area contributed by atoms with E-state index in [-0.39, 0.29) is 11.7 Å². The highest BCUT2D eigenvalue weighted by Crippen LogP contribution is 2.12. The van der Waals surface area contributed by atoms with E-state index in [1.807, 2.05) is 6.92 Å². The third kappa shape index (κ3) is 3.68. The van der Waals surface area contributed by atoms with Gasteiger partial charge in [0.05, 0.1) is 12.4 Å². The summed E-state index contributed by atoms with van der Waals surface area (Å²) in [6, 6.07) is 0. The highest BCUT2D eigenvalue weighted by atomic mass is 16.2. The Morgan fingerprint density at radius 1 is 1.33 bits per heavy atom. The van der Waals surface area contributed by atoms with Gasteiger partial charge in [0.15, 0.2) is 0 Å². The molecule has 0 aliphatic carbocycles. The molecule has 0 saturated carbocycles. The smallest absolute Gasteiger partial charge is 0.274 e. The summed E-state index contributed by atoms with van der Waals surface area (Å²) in [6.45, 7) is 7.70. The van der Waals surface area contributed by atoms with Crippen LogP contribution in [-0.2, 0) is 0 Å². The topological polar surface area (TPSA) is 72.1 Å². The average molecular weight is 250 g/mol. The van der Waals surface area contributed by atoms with Gasteiger partial charge in [-0.15, -0.1) is 0 Å². The van der Waals surface area contributed by atoms with Gasteiger partial charge in [-0.3, -0.25) is 9.78 Å². The number of aromatic nitrogens is 2. The van der Waals surface area contributed by atoms with Gasteiger partial charge in [0.25, 0.3) is 5.91 Å². The first-order valence-electron chi connectivity index (χ1n) is 6.49. The van der Waals surface area contributed by atoms with Crippen LogP contribution in [0.3, 0.4) is 0 Å². The van der Waals surface area contributed by atoms with Crippen molar-refractivity contribution < 1.29 is 4.79 Å². The maximum absolute atomic E-state index is 12.3. The quantitative estimate of drug-likeness (QED) is 0.837. The van der Waals surface area contributed by atoms with Gasteiger partial charge in [0.2, 0.25) is 0 Å². The number of nitrogens with zero attached hydrogens (tertiary/aromatic N) is 3. The predicted octanol–water partition coefficient (Wildman–Crippen LogP) is 1.96. The van der Waals surface area contributed by atoms with Crippen molar-refractivity contribution in [2.75, 3.05) is 18.8 Å². The van der Waals surface area contributed by atoms with Crippen molar-refractivity contribution in [3.63, 3.8) is 0 Å². The van der Waals surface area contributed by atoms with E-state index in [0.717, 1.165) is 19.4 Å². The fourth-order valence-electron chi connectivity index (χ4n) is 1.86. The highest BCUT2D eigenvalue weighted by Gasteiger charge is 2.18. The fourth-order valence-corrected chi connectivity index (χ4v) is 1.86. The minimum atomic E-state index is -0.0933. The molecule has 0 aliphatic heterocycles. The second kappa shape index (κ2) is 6.93. The molecule has 0 spiro atoms. The number of nitrogen functional groups attached to an aromatic ring is 1. The Labute approximate surface area is 108 Å². The van der Waals surface area contributed by atoms with Crippen molar-refractivity contribution in [3.8, 4) is 0 Å². The minimum absolute atomic E-state index is 0.0933. The van der Waals surface area contributed by atoms with E-state index in [9.17, 15) is 4.79 Å². The molecule has 5 heteroatoms. The highest BCUT2D eigenvalue weighted by molar-refractivity contribution is 5.92. The summed E-state index contributed by atoms with van der Waals surface area (Å²) in [5.74, 6) is 0.714. The van der Waals surface area contributed by atoms with Crippen molar-refractivity contribution in [1.29, 1.82) is 0 Å². The molecule has 1 heterocycles. The molecule has 0 atom stereocenters. The molecular formula is C13H22N4O. The lowest BCUT2D eigenvalue weighted by molar-refractivity contribution is 0.0728. The van der Waals surface area contributed by atoms with Gasteiger partial charge in [-0.05, 0) is 12.8 Å². The summed E-state index contributed by atoms with van der Waals surface area (Å²) >= 11 is 0. The number of rotatable bonds is 6. The van der Waals surface area contributed by atoms with Gasteiger partial charge >= 0.3 is 0 Å². The van der Waals surface area contributed by atoms with Gasteiger partial charge in [-0.1, -0.05) is 26.7 Å². The number of nitrogens with two attached hydrogens (primary N) is 1. The van der Waals surface area contributed by atoms with Crippen LogP contribution in [0.4, 0.5) is 5.82 Å². The van der Waals surface area contributed by atoms with Crippen molar-refractivity contribution in [3.05, 3.63) is 18.1 Å². The summed E-state index contributed by atoms with van der Waals surface area (Å²) in [4.78, 5) is 22.0. The molecule has 0 unspecified atom stereocenters. The van der Waals surface area contributed by atoms with Gasteiger partial charge in [0.1, 0.15) is 11.5 Å². The van der Waals surface area contributed by atoms with Gasteiger partial charge in [0, 0.05) is 13.1 Å². The molecule has 0 fully saturated rings. The maximum Gasteiger partial charge on any atom is 0.274 e.